The average Bonchev–Trinajstić information content (AvgIpc) is 2.76. The molecule has 2 aromatic rings. The van der Waals surface area contributed by atoms with Gasteiger partial charge >= 0.3 is 0 Å². The van der Waals surface area contributed by atoms with Crippen LogP contribution >= 0.6 is 0 Å². The summed E-state index contributed by atoms with van der Waals surface area (Å²) in [6.07, 6.45) is 2.00. The van der Waals surface area contributed by atoms with E-state index in [-0.39, 0.29) is 6.61 Å². The molecule has 1 aromatic heterocycles. The summed E-state index contributed by atoms with van der Waals surface area (Å²) in [6.45, 7) is 7.93. The summed E-state index contributed by atoms with van der Waals surface area (Å²) in [5.41, 5.74) is 4.95. The van der Waals surface area contributed by atoms with Gasteiger partial charge in [-0.1, -0.05) is 12.7 Å². The van der Waals surface area contributed by atoms with Gasteiger partial charge in [0.2, 0.25) is 0 Å². The minimum Gasteiger partial charge on any atom is -0.497 e. The van der Waals surface area contributed by atoms with Crippen LogP contribution in [0.5, 0.6) is 5.75 Å². The molecular formula is C16H19NO2. The number of H-pyrrole nitrogens is 1. The molecule has 0 amide bonds. The largest absolute Gasteiger partial charge is 0.497 e. The fraction of sp³-hybridized carbons (Fsp3) is 0.250. The van der Waals surface area contributed by atoms with Crippen molar-refractivity contribution in [2.75, 3.05) is 13.7 Å². The fourth-order valence-electron chi connectivity index (χ4n) is 2.10. The predicted octanol–water partition coefficient (Wildman–Crippen LogP) is 3.61. The van der Waals surface area contributed by atoms with Crippen LogP contribution in [-0.4, -0.2) is 23.8 Å². The molecule has 0 spiro atoms. The number of aliphatic hydroxyl groups excluding tert-OH is 1. The first-order valence-electron chi connectivity index (χ1n) is 6.20. The Morgan fingerprint density at radius 1 is 1.42 bits per heavy atom. The van der Waals surface area contributed by atoms with Crippen LogP contribution in [0.4, 0.5) is 0 Å². The molecule has 1 aromatic carbocycles. The molecule has 100 valence electrons. The van der Waals surface area contributed by atoms with Crippen molar-refractivity contribution in [3.63, 3.8) is 0 Å². The van der Waals surface area contributed by atoms with Gasteiger partial charge in [-0.05, 0) is 37.1 Å². The zero-order valence-electron chi connectivity index (χ0n) is 11.6. The maximum absolute atomic E-state index is 9.20. The molecule has 0 saturated carbocycles. The molecule has 3 heteroatoms. The maximum atomic E-state index is 9.20. The first kappa shape index (κ1) is 13.4. The van der Waals surface area contributed by atoms with E-state index in [0.717, 1.165) is 39.1 Å². The molecule has 0 saturated heterocycles. The third kappa shape index (κ3) is 2.56. The van der Waals surface area contributed by atoms with Crippen LogP contribution in [0, 0.1) is 0 Å². The van der Waals surface area contributed by atoms with E-state index in [4.69, 9.17) is 4.74 Å². The first-order chi connectivity index (χ1) is 9.06. The van der Waals surface area contributed by atoms with E-state index in [1.807, 2.05) is 38.1 Å². The molecule has 0 fully saturated rings. The number of benzene rings is 1. The second-order valence-corrected chi connectivity index (χ2v) is 4.75. The van der Waals surface area contributed by atoms with E-state index in [9.17, 15) is 5.11 Å². The highest BCUT2D eigenvalue weighted by atomic mass is 16.5. The van der Waals surface area contributed by atoms with Gasteiger partial charge in [0.05, 0.1) is 19.2 Å². The number of allylic oxidation sites excluding steroid dienone is 1. The molecule has 0 radical (unpaired) electrons. The number of nitrogens with one attached hydrogen (secondary N) is 1. The van der Waals surface area contributed by atoms with Crippen molar-refractivity contribution >= 4 is 22.6 Å². The van der Waals surface area contributed by atoms with E-state index in [0.29, 0.717) is 0 Å². The number of ether oxygens (including phenoxy) is 1. The SMILES string of the molecule is C=C(C)c1[nH]c2cc(OC)ccc2c1/C=C(\C)CO. The molecule has 0 bridgehead atoms. The predicted molar refractivity (Wildman–Crippen MR) is 80.3 cm³/mol. The lowest BCUT2D eigenvalue weighted by Crippen LogP contribution is -1.86. The number of fused-ring (bicyclic) bond motifs is 1. The van der Waals surface area contributed by atoms with Crippen LogP contribution < -0.4 is 4.74 Å². The summed E-state index contributed by atoms with van der Waals surface area (Å²) >= 11 is 0. The molecule has 2 rings (SSSR count). The molecule has 19 heavy (non-hydrogen) atoms. The molecule has 0 unspecified atom stereocenters. The molecular weight excluding hydrogens is 238 g/mol. The van der Waals surface area contributed by atoms with Gasteiger partial charge in [0, 0.05) is 22.7 Å². The highest BCUT2D eigenvalue weighted by Gasteiger charge is 2.11. The van der Waals surface area contributed by atoms with Gasteiger partial charge in [-0.2, -0.15) is 0 Å². The normalized spacial score (nSPS) is 11.9. The van der Waals surface area contributed by atoms with Crippen molar-refractivity contribution in [1.29, 1.82) is 0 Å². The van der Waals surface area contributed by atoms with Crippen LogP contribution in [-0.2, 0) is 0 Å². The van der Waals surface area contributed by atoms with Crippen molar-refractivity contribution in [1.82, 2.24) is 4.98 Å². The minimum absolute atomic E-state index is 0.0540. The van der Waals surface area contributed by atoms with E-state index in [1.165, 1.54) is 0 Å². The second kappa shape index (κ2) is 5.33. The van der Waals surface area contributed by atoms with Crippen molar-refractivity contribution in [2.24, 2.45) is 0 Å². The number of aromatic nitrogens is 1. The van der Waals surface area contributed by atoms with Crippen LogP contribution in [0.15, 0.2) is 30.4 Å². The molecule has 1 heterocycles. The maximum Gasteiger partial charge on any atom is 0.120 e. The Morgan fingerprint density at radius 2 is 2.16 bits per heavy atom. The van der Waals surface area contributed by atoms with Crippen molar-refractivity contribution in [2.45, 2.75) is 13.8 Å². The lowest BCUT2D eigenvalue weighted by Gasteiger charge is -2.01. The summed E-state index contributed by atoms with van der Waals surface area (Å²) in [5.74, 6) is 0.816. The smallest absolute Gasteiger partial charge is 0.120 e. The Balaban J connectivity index is 2.71. The van der Waals surface area contributed by atoms with Crippen molar-refractivity contribution in [3.8, 4) is 5.75 Å². The molecule has 0 atom stereocenters. The average molecular weight is 257 g/mol. The second-order valence-electron chi connectivity index (χ2n) is 4.75. The van der Waals surface area contributed by atoms with Gasteiger partial charge in [-0.3, -0.25) is 0 Å². The van der Waals surface area contributed by atoms with E-state index in [2.05, 4.69) is 11.6 Å². The van der Waals surface area contributed by atoms with Crippen molar-refractivity contribution in [3.05, 3.63) is 41.6 Å². The summed E-state index contributed by atoms with van der Waals surface area (Å²) in [6, 6.07) is 5.92. The highest BCUT2D eigenvalue weighted by molar-refractivity contribution is 5.95. The zero-order valence-corrected chi connectivity index (χ0v) is 11.6. The quantitative estimate of drug-likeness (QED) is 0.879. The zero-order chi connectivity index (χ0) is 14.0. The number of hydrogen-bond donors (Lipinski definition) is 2. The fourth-order valence-corrected chi connectivity index (χ4v) is 2.10. The molecule has 3 nitrogen and oxygen atoms in total. The number of aromatic amines is 1. The summed E-state index contributed by atoms with van der Waals surface area (Å²) in [5, 5.41) is 10.3. The topological polar surface area (TPSA) is 45.2 Å². The highest BCUT2D eigenvalue weighted by Crippen LogP contribution is 2.30. The van der Waals surface area contributed by atoms with Crippen LogP contribution in [0.2, 0.25) is 0 Å². The van der Waals surface area contributed by atoms with E-state index in [1.54, 1.807) is 7.11 Å². The van der Waals surface area contributed by atoms with E-state index >= 15 is 0 Å². The Kier molecular flexibility index (Phi) is 3.76. The van der Waals surface area contributed by atoms with E-state index < -0.39 is 0 Å². The molecule has 0 aliphatic rings. The molecule has 0 aliphatic heterocycles. The summed E-state index contributed by atoms with van der Waals surface area (Å²) in [7, 11) is 1.65. The minimum atomic E-state index is 0.0540. The van der Waals surface area contributed by atoms with Crippen LogP contribution in [0.3, 0.4) is 0 Å². The van der Waals surface area contributed by atoms with Gasteiger partial charge in [-0.15, -0.1) is 0 Å². The number of aliphatic hydroxyl groups is 1. The molecule has 2 N–H and O–H groups in total. The van der Waals surface area contributed by atoms with Gasteiger partial charge in [0.25, 0.3) is 0 Å². The number of hydrogen-bond acceptors (Lipinski definition) is 2. The lowest BCUT2D eigenvalue weighted by molar-refractivity contribution is 0.332. The van der Waals surface area contributed by atoms with Crippen molar-refractivity contribution < 1.29 is 9.84 Å². The van der Waals surface area contributed by atoms with Gasteiger partial charge in [-0.25, -0.2) is 0 Å². The molecule has 0 aliphatic carbocycles. The number of rotatable bonds is 4. The Morgan fingerprint density at radius 3 is 2.74 bits per heavy atom. The van der Waals surface area contributed by atoms with Gasteiger partial charge < -0.3 is 14.8 Å². The summed E-state index contributed by atoms with van der Waals surface area (Å²) in [4.78, 5) is 3.36. The monoisotopic (exact) mass is 257 g/mol. The first-order valence-corrected chi connectivity index (χ1v) is 6.20. The lowest BCUT2D eigenvalue weighted by atomic mass is 10.0. The van der Waals surface area contributed by atoms with Crippen LogP contribution in [0.25, 0.3) is 22.6 Å². The third-order valence-corrected chi connectivity index (χ3v) is 3.11. The third-order valence-electron chi connectivity index (χ3n) is 3.11. The van der Waals surface area contributed by atoms with Gasteiger partial charge in [0.1, 0.15) is 5.75 Å². The standard InChI is InChI=1S/C16H19NO2/c1-10(2)16-14(7-11(3)9-18)13-6-5-12(19-4)8-15(13)17-16/h5-8,17-18H,1,9H2,2-4H3/b11-7+. The summed E-state index contributed by atoms with van der Waals surface area (Å²) < 4.78 is 5.24. The Labute approximate surface area is 113 Å². The van der Waals surface area contributed by atoms with Gasteiger partial charge in [0.15, 0.2) is 0 Å². The Bertz CT molecular complexity index is 650. The number of methoxy groups -OCH3 is 1. The van der Waals surface area contributed by atoms with Crippen LogP contribution in [0.1, 0.15) is 25.1 Å². The Hall–Kier alpha value is -2.00.